The molecule has 0 saturated carbocycles. The molecule has 1 aromatic heterocycles. The maximum absolute atomic E-state index is 9.62. The summed E-state index contributed by atoms with van der Waals surface area (Å²) in [5.41, 5.74) is 3.57. The third-order valence-electron chi connectivity index (χ3n) is 4.59. The zero-order chi connectivity index (χ0) is 15.8. The van der Waals surface area contributed by atoms with Gasteiger partial charge in [-0.15, -0.1) is 0 Å². The Labute approximate surface area is 133 Å². The number of nitrogens with zero attached hydrogens (tertiary/aromatic N) is 1. The van der Waals surface area contributed by atoms with E-state index in [-0.39, 0.29) is 12.0 Å². The predicted octanol–water partition coefficient (Wildman–Crippen LogP) is 3.64. The average molecular weight is 298 g/mol. The van der Waals surface area contributed by atoms with Crippen LogP contribution in [-0.4, -0.2) is 23.2 Å². The Morgan fingerprint density at radius 2 is 1.86 bits per heavy atom. The van der Waals surface area contributed by atoms with Crippen LogP contribution in [0.1, 0.15) is 32.3 Å². The second-order valence-electron chi connectivity index (χ2n) is 5.91. The molecule has 0 saturated heterocycles. The van der Waals surface area contributed by atoms with Gasteiger partial charge in [-0.3, -0.25) is 4.98 Å². The van der Waals surface area contributed by atoms with E-state index in [2.05, 4.69) is 54.5 Å². The van der Waals surface area contributed by atoms with Gasteiger partial charge in [0.25, 0.3) is 0 Å². The molecule has 0 bridgehead atoms. The molecule has 0 radical (unpaired) electrons. The average Bonchev–Trinajstić information content (AvgIpc) is 2.60. The first-order chi connectivity index (χ1) is 10.7. The number of hydrogen-bond donors (Lipinski definition) is 2. The highest BCUT2D eigenvalue weighted by Crippen LogP contribution is 2.24. The van der Waals surface area contributed by atoms with Crippen molar-refractivity contribution >= 4 is 0 Å². The number of benzene rings is 1. The van der Waals surface area contributed by atoms with Gasteiger partial charge in [0, 0.05) is 37.5 Å². The summed E-state index contributed by atoms with van der Waals surface area (Å²) in [5, 5.41) is 13.1. The number of aromatic nitrogens is 1. The molecule has 0 atom stereocenters. The van der Waals surface area contributed by atoms with E-state index in [1.165, 1.54) is 11.1 Å². The van der Waals surface area contributed by atoms with Gasteiger partial charge in [-0.2, -0.15) is 0 Å². The van der Waals surface area contributed by atoms with Gasteiger partial charge in [-0.1, -0.05) is 38.1 Å². The van der Waals surface area contributed by atoms with Crippen molar-refractivity contribution in [1.29, 1.82) is 0 Å². The van der Waals surface area contributed by atoms with Gasteiger partial charge < -0.3 is 10.4 Å². The second kappa shape index (κ2) is 8.06. The molecule has 0 aliphatic heterocycles. The fourth-order valence-corrected chi connectivity index (χ4v) is 2.65. The Kier molecular flexibility index (Phi) is 6.10. The van der Waals surface area contributed by atoms with E-state index in [4.69, 9.17) is 0 Å². The third-order valence-corrected chi connectivity index (χ3v) is 4.59. The lowest BCUT2D eigenvalue weighted by Crippen LogP contribution is -2.36. The first kappa shape index (κ1) is 16.7. The summed E-state index contributed by atoms with van der Waals surface area (Å²) in [5.74, 6) is 0. The van der Waals surface area contributed by atoms with E-state index in [0.717, 1.165) is 31.5 Å². The normalized spacial score (nSPS) is 11.6. The summed E-state index contributed by atoms with van der Waals surface area (Å²) in [6, 6.07) is 12.5. The first-order valence-electron chi connectivity index (χ1n) is 8.04. The lowest BCUT2D eigenvalue weighted by molar-refractivity contribution is 0.113. The molecule has 3 heteroatoms. The summed E-state index contributed by atoms with van der Waals surface area (Å²) in [7, 11) is 0. The minimum absolute atomic E-state index is 0.000953. The molecule has 3 nitrogen and oxygen atoms in total. The van der Waals surface area contributed by atoms with Crippen LogP contribution in [0.2, 0.25) is 0 Å². The van der Waals surface area contributed by atoms with Crippen molar-refractivity contribution in [3.8, 4) is 11.1 Å². The molecular weight excluding hydrogens is 272 g/mol. The maximum atomic E-state index is 9.62. The van der Waals surface area contributed by atoms with Crippen molar-refractivity contribution in [1.82, 2.24) is 10.3 Å². The number of rotatable bonds is 8. The molecule has 1 heterocycles. The zero-order valence-electron chi connectivity index (χ0n) is 13.5. The molecule has 0 unspecified atom stereocenters. The minimum atomic E-state index is 0.000953. The van der Waals surface area contributed by atoms with Crippen molar-refractivity contribution in [2.24, 2.45) is 5.41 Å². The molecule has 2 aromatic rings. The molecule has 0 fully saturated rings. The molecule has 22 heavy (non-hydrogen) atoms. The van der Waals surface area contributed by atoms with Gasteiger partial charge in [0.05, 0.1) is 0 Å². The van der Waals surface area contributed by atoms with Crippen LogP contribution < -0.4 is 5.32 Å². The first-order valence-corrected chi connectivity index (χ1v) is 8.04. The van der Waals surface area contributed by atoms with Crippen LogP contribution in [0, 0.1) is 5.41 Å². The topological polar surface area (TPSA) is 45.1 Å². The van der Waals surface area contributed by atoms with Crippen LogP contribution in [0.15, 0.2) is 48.8 Å². The number of nitrogens with one attached hydrogen (secondary N) is 1. The van der Waals surface area contributed by atoms with Gasteiger partial charge in [0.2, 0.25) is 0 Å². The minimum Gasteiger partial charge on any atom is -0.396 e. The molecule has 118 valence electrons. The van der Waals surface area contributed by atoms with E-state index in [9.17, 15) is 5.11 Å². The van der Waals surface area contributed by atoms with E-state index >= 15 is 0 Å². The molecule has 1 aromatic carbocycles. The van der Waals surface area contributed by atoms with E-state index in [0.29, 0.717) is 0 Å². The number of aliphatic hydroxyl groups excluding tert-OH is 1. The Hall–Kier alpha value is -1.71. The van der Waals surface area contributed by atoms with Gasteiger partial charge in [-0.25, -0.2) is 0 Å². The highest BCUT2D eigenvalue weighted by Gasteiger charge is 2.24. The Bertz CT molecular complexity index is 556. The van der Waals surface area contributed by atoms with Crippen LogP contribution >= 0.6 is 0 Å². The molecule has 0 aliphatic rings. The lowest BCUT2D eigenvalue weighted by Gasteiger charge is -2.29. The molecule has 2 rings (SSSR count). The predicted molar refractivity (Wildman–Crippen MR) is 91.5 cm³/mol. The summed E-state index contributed by atoms with van der Waals surface area (Å²) in [4.78, 5) is 4.18. The van der Waals surface area contributed by atoms with E-state index in [1.54, 1.807) is 6.20 Å². The number of pyridine rings is 1. The van der Waals surface area contributed by atoms with Crippen LogP contribution in [-0.2, 0) is 6.54 Å². The van der Waals surface area contributed by atoms with E-state index < -0.39 is 0 Å². The van der Waals surface area contributed by atoms with Crippen molar-refractivity contribution in [3.63, 3.8) is 0 Å². The van der Waals surface area contributed by atoms with E-state index in [1.807, 2.05) is 12.3 Å². The van der Waals surface area contributed by atoms with Gasteiger partial charge >= 0.3 is 0 Å². The van der Waals surface area contributed by atoms with Crippen molar-refractivity contribution in [3.05, 3.63) is 54.4 Å². The number of aliphatic hydroxyl groups is 1. The fourth-order valence-electron chi connectivity index (χ4n) is 2.65. The Morgan fingerprint density at radius 3 is 2.50 bits per heavy atom. The maximum Gasteiger partial charge on any atom is 0.0499 e. The van der Waals surface area contributed by atoms with Crippen LogP contribution in [0.3, 0.4) is 0 Å². The third kappa shape index (κ3) is 4.15. The van der Waals surface area contributed by atoms with Gasteiger partial charge in [0.1, 0.15) is 0 Å². The SMILES string of the molecule is CCC(CC)(CO)CNCc1cccc(-c2cccnc2)c1. The number of hydrogen-bond acceptors (Lipinski definition) is 3. The molecule has 0 aliphatic carbocycles. The van der Waals surface area contributed by atoms with Crippen molar-refractivity contribution < 1.29 is 5.11 Å². The highest BCUT2D eigenvalue weighted by atomic mass is 16.3. The molecule has 0 amide bonds. The second-order valence-corrected chi connectivity index (χ2v) is 5.91. The smallest absolute Gasteiger partial charge is 0.0499 e. The Morgan fingerprint density at radius 1 is 1.09 bits per heavy atom. The zero-order valence-corrected chi connectivity index (χ0v) is 13.5. The summed E-state index contributed by atoms with van der Waals surface area (Å²) in [6.45, 7) is 6.18. The largest absolute Gasteiger partial charge is 0.396 e. The standard InChI is InChI=1S/C19H26N2O/c1-3-19(4-2,15-22)14-21-12-16-7-5-8-17(11-16)18-9-6-10-20-13-18/h5-11,13,21-22H,3-4,12,14-15H2,1-2H3. The molecular formula is C19H26N2O. The van der Waals surface area contributed by atoms with Crippen LogP contribution in [0.4, 0.5) is 0 Å². The summed E-state index contributed by atoms with van der Waals surface area (Å²) < 4.78 is 0. The highest BCUT2D eigenvalue weighted by molar-refractivity contribution is 5.62. The van der Waals surface area contributed by atoms with Crippen molar-refractivity contribution in [2.75, 3.05) is 13.2 Å². The molecule has 2 N–H and O–H groups in total. The summed E-state index contributed by atoms with van der Waals surface area (Å²) >= 11 is 0. The van der Waals surface area contributed by atoms with Gasteiger partial charge in [-0.05, 0) is 41.7 Å². The molecule has 0 spiro atoms. The monoisotopic (exact) mass is 298 g/mol. The van der Waals surface area contributed by atoms with Crippen molar-refractivity contribution in [2.45, 2.75) is 33.2 Å². The van der Waals surface area contributed by atoms with Gasteiger partial charge in [0.15, 0.2) is 0 Å². The Balaban J connectivity index is 2.00. The lowest BCUT2D eigenvalue weighted by atomic mass is 9.83. The van der Waals surface area contributed by atoms with Crippen LogP contribution in [0.5, 0.6) is 0 Å². The summed E-state index contributed by atoms with van der Waals surface area (Å²) in [6.07, 6.45) is 5.65. The quantitative estimate of drug-likeness (QED) is 0.782. The fraction of sp³-hybridized carbons (Fsp3) is 0.421. The van der Waals surface area contributed by atoms with Crippen LogP contribution in [0.25, 0.3) is 11.1 Å².